The molecule has 1 amide bonds. The highest BCUT2D eigenvalue weighted by molar-refractivity contribution is 5.90. The fraction of sp³-hybridized carbons (Fsp3) is 0.500. The first-order chi connectivity index (χ1) is 7.87. The van der Waals surface area contributed by atoms with E-state index in [0.29, 0.717) is 17.0 Å². The number of anilines is 1. The molecule has 1 aromatic heterocycles. The normalized spacial score (nSPS) is 14.6. The summed E-state index contributed by atoms with van der Waals surface area (Å²) in [5.41, 5.74) is 1.13. The molecule has 2 heterocycles. The first-order valence-corrected chi connectivity index (χ1v) is 5.59. The maximum atomic E-state index is 11.9. The van der Waals surface area contributed by atoms with Gasteiger partial charge in [-0.1, -0.05) is 0 Å². The number of carbonyl (C=O) groups is 1. The molecule has 0 aliphatic carbocycles. The second-order valence-electron chi connectivity index (χ2n) is 5.10. The molecule has 0 fully saturated rings. The van der Waals surface area contributed by atoms with Gasteiger partial charge in [0, 0.05) is 12.6 Å². The van der Waals surface area contributed by atoms with E-state index in [1.54, 1.807) is 6.07 Å². The van der Waals surface area contributed by atoms with Crippen molar-refractivity contribution in [2.24, 2.45) is 0 Å². The predicted octanol–water partition coefficient (Wildman–Crippen LogP) is 1.62. The third-order valence-electron chi connectivity index (χ3n) is 2.51. The van der Waals surface area contributed by atoms with E-state index in [-0.39, 0.29) is 0 Å². The lowest BCUT2D eigenvalue weighted by molar-refractivity contribution is -0.604. The molecular formula is C12H16N2O3. The zero-order chi connectivity index (χ0) is 12.6. The maximum Gasteiger partial charge on any atom is 0.415 e. The van der Waals surface area contributed by atoms with Crippen LogP contribution in [-0.4, -0.2) is 18.2 Å². The Balaban J connectivity index is 2.22. The zero-order valence-corrected chi connectivity index (χ0v) is 10.3. The number of hydrogen-bond donors (Lipinski definition) is 0. The van der Waals surface area contributed by atoms with Gasteiger partial charge < -0.3 is 9.94 Å². The number of fused-ring (bicyclic) bond motifs is 1. The van der Waals surface area contributed by atoms with E-state index in [1.807, 2.05) is 20.8 Å². The van der Waals surface area contributed by atoms with Crippen LogP contribution in [-0.2, 0) is 11.2 Å². The van der Waals surface area contributed by atoms with E-state index in [0.717, 1.165) is 12.0 Å². The summed E-state index contributed by atoms with van der Waals surface area (Å²) in [5, 5.41) is 11.2. The fourth-order valence-electron chi connectivity index (χ4n) is 1.81. The van der Waals surface area contributed by atoms with Gasteiger partial charge in [0.1, 0.15) is 11.3 Å². The van der Waals surface area contributed by atoms with Crippen molar-refractivity contribution >= 4 is 11.8 Å². The van der Waals surface area contributed by atoms with Crippen LogP contribution in [0.25, 0.3) is 0 Å². The van der Waals surface area contributed by atoms with Crippen LogP contribution in [0.15, 0.2) is 18.5 Å². The molecule has 5 nitrogen and oxygen atoms in total. The topological polar surface area (TPSA) is 56.5 Å². The molecule has 92 valence electrons. The standard InChI is InChI=1S/C12H16N2O3/c1-12(2,3)17-11(15)14-7-5-9-4-6-13(16)8-10(9)14/h4,6,8H,5,7H2,1-3H3. The third-order valence-corrected chi connectivity index (χ3v) is 2.51. The third kappa shape index (κ3) is 2.49. The summed E-state index contributed by atoms with van der Waals surface area (Å²) < 4.78 is 5.99. The number of pyridine rings is 1. The van der Waals surface area contributed by atoms with Gasteiger partial charge in [-0.3, -0.25) is 4.90 Å². The monoisotopic (exact) mass is 236 g/mol. The molecule has 0 saturated carbocycles. The largest absolute Gasteiger partial charge is 0.619 e. The van der Waals surface area contributed by atoms with Crippen LogP contribution in [0.5, 0.6) is 0 Å². The van der Waals surface area contributed by atoms with E-state index >= 15 is 0 Å². The molecule has 1 aliphatic heterocycles. The molecule has 0 unspecified atom stereocenters. The van der Waals surface area contributed by atoms with Crippen LogP contribution in [0.3, 0.4) is 0 Å². The second-order valence-corrected chi connectivity index (χ2v) is 5.10. The van der Waals surface area contributed by atoms with E-state index in [4.69, 9.17) is 4.74 Å². The van der Waals surface area contributed by atoms with Gasteiger partial charge in [-0.2, -0.15) is 4.73 Å². The van der Waals surface area contributed by atoms with Crippen molar-refractivity contribution in [2.75, 3.05) is 11.4 Å². The van der Waals surface area contributed by atoms with Crippen LogP contribution < -0.4 is 9.63 Å². The number of nitrogens with zero attached hydrogens (tertiary/aromatic N) is 2. The molecule has 0 atom stereocenters. The number of aromatic nitrogens is 1. The molecule has 0 saturated heterocycles. The van der Waals surface area contributed by atoms with Gasteiger partial charge in [0.05, 0.1) is 0 Å². The smallest absolute Gasteiger partial charge is 0.415 e. The van der Waals surface area contributed by atoms with Crippen LogP contribution in [0, 0.1) is 5.21 Å². The van der Waals surface area contributed by atoms with Crippen LogP contribution >= 0.6 is 0 Å². The summed E-state index contributed by atoms with van der Waals surface area (Å²) in [4.78, 5) is 13.4. The lowest BCUT2D eigenvalue weighted by Gasteiger charge is -2.24. The van der Waals surface area contributed by atoms with Crippen LogP contribution in [0.2, 0.25) is 0 Å². The number of ether oxygens (including phenoxy) is 1. The van der Waals surface area contributed by atoms with Crippen LogP contribution in [0.4, 0.5) is 10.5 Å². The van der Waals surface area contributed by atoms with Gasteiger partial charge in [0.25, 0.3) is 0 Å². The summed E-state index contributed by atoms with van der Waals surface area (Å²) in [6, 6.07) is 1.74. The van der Waals surface area contributed by atoms with Crippen LogP contribution in [0.1, 0.15) is 26.3 Å². The second kappa shape index (κ2) is 3.91. The molecule has 1 aliphatic rings. The Labute approximate surface area is 100 Å². The molecule has 1 aromatic rings. The fourth-order valence-corrected chi connectivity index (χ4v) is 1.81. The highest BCUT2D eigenvalue weighted by atomic mass is 16.6. The minimum Gasteiger partial charge on any atom is -0.619 e. The Morgan fingerprint density at radius 1 is 1.53 bits per heavy atom. The van der Waals surface area contributed by atoms with Gasteiger partial charge >= 0.3 is 6.09 Å². The summed E-state index contributed by atoms with van der Waals surface area (Å²) in [6.07, 6.45) is 3.21. The average molecular weight is 236 g/mol. The summed E-state index contributed by atoms with van der Waals surface area (Å²) >= 11 is 0. The summed E-state index contributed by atoms with van der Waals surface area (Å²) in [5.74, 6) is 0. The molecule has 2 rings (SSSR count). The Hall–Kier alpha value is -1.78. The molecule has 17 heavy (non-hydrogen) atoms. The molecule has 5 heteroatoms. The predicted molar refractivity (Wildman–Crippen MR) is 62.7 cm³/mol. The van der Waals surface area contributed by atoms with Gasteiger partial charge in [0.2, 0.25) is 6.20 Å². The van der Waals surface area contributed by atoms with Gasteiger partial charge in [-0.05, 0) is 32.8 Å². The first kappa shape index (κ1) is 11.7. The zero-order valence-electron chi connectivity index (χ0n) is 10.3. The van der Waals surface area contributed by atoms with E-state index in [1.165, 1.54) is 17.3 Å². The lowest BCUT2D eigenvalue weighted by Crippen LogP contribution is -2.36. The maximum absolute atomic E-state index is 11.9. The highest BCUT2D eigenvalue weighted by Crippen LogP contribution is 2.27. The Kier molecular flexibility index (Phi) is 2.69. The molecule has 0 radical (unpaired) electrons. The molecule has 0 aromatic carbocycles. The molecular weight excluding hydrogens is 220 g/mol. The first-order valence-electron chi connectivity index (χ1n) is 5.59. The minimum absolute atomic E-state index is 0.401. The van der Waals surface area contributed by atoms with Gasteiger partial charge in [0.15, 0.2) is 6.20 Å². The van der Waals surface area contributed by atoms with Crippen molar-refractivity contribution in [3.8, 4) is 0 Å². The van der Waals surface area contributed by atoms with Crippen molar-refractivity contribution < 1.29 is 14.3 Å². The quantitative estimate of drug-likeness (QED) is 0.508. The van der Waals surface area contributed by atoms with Crippen molar-refractivity contribution in [2.45, 2.75) is 32.8 Å². The van der Waals surface area contributed by atoms with Crippen molar-refractivity contribution in [3.63, 3.8) is 0 Å². The number of hydrogen-bond acceptors (Lipinski definition) is 3. The summed E-state index contributed by atoms with van der Waals surface area (Å²) in [7, 11) is 0. The molecule has 0 N–H and O–H groups in total. The van der Waals surface area contributed by atoms with Gasteiger partial charge in [-0.25, -0.2) is 4.79 Å². The average Bonchev–Trinajstić information content (AvgIpc) is 2.57. The number of rotatable bonds is 0. The molecule has 0 spiro atoms. The molecule has 0 bridgehead atoms. The Bertz CT molecular complexity index is 452. The van der Waals surface area contributed by atoms with Crippen molar-refractivity contribution in [1.82, 2.24) is 0 Å². The van der Waals surface area contributed by atoms with E-state index < -0.39 is 11.7 Å². The summed E-state index contributed by atoms with van der Waals surface area (Å²) in [6.45, 7) is 6.02. The van der Waals surface area contributed by atoms with E-state index in [9.17, 15) is 10.0 Å². The van der Waals surface area contributed by atoms with Gasteiger partial charge in [-0.15, -0.1) is 0 Å². The lowest BCUT2D eigenvalue weighted by atomic mass is 10.2. The number of carbonyl (C=O) groups excluding carboxylic acids is 1. The minimum atomic E-state index is -0.526. The SMILES string of the molecule is CC(C)(C)OC(=O)N1CCc2cc[n+]([O-])cc21. The van der Waals surface area contributed by atoms with Crippen molar-refractivity contribution in [3.05, 3.63) is 29.2 Å². The van der Waals surface area contributed by atoms with E-state index in [2.05, 4.69) is 0 Å². The Morgan fingerprint density at radius 3 is 2.88 bits per heavy atom. The van der Waals surface area contributed by atoms with Crippen molar-refractivity contribution in [1.29, 1.82) is 0 Å². The highest BCUT2D eigenvalue weighted by Gasteiger charge is 2.30. The number of amides is 1. The Morgan fingerprint density at radius 2 is 2.24 bits per heavy atom.